The number of hydrogen-bond acceptors (Lipinski definition) is 3. The van der Waals surface area contributed by atoms with Crippen molar-refractivity contribution in [2.24, 2.45) is 0 Å². The van der Waals surface area contributed by atoms with E-state index in [0.29, 0.717) is 12.7 Å². The Bertz CT molecular complexity index is 841. The number of benzene rings is 3. The first-order valence-corrected chi connectivity index (χ1v) is 9.36. The molecule has 26 heavy (non-hydrogen) atoms. The Morgan fingerprint density at radius 1 is 1.00 bits per heavy atom. The molecule has 0 aliphatic carbocycles. The third-order valence-electron chi connectivity index (χ3n) is 4.44. The molecule has 3 aromatic rings. The second-order valence-corrected chi connectivity index (χ2v) is 6.20. The van der Waals surface area contributed by atoms with Gasteiger partial charge < -0.3 is 14.8 Å². The van der Waals surface area contributed by atoms with Gasteiger partial charge in [-0.15, -0.1) is 0 Å². The summed E-state index contributed by atoms with van der Waals surface area (Å²) in [4.78, 5) is 0. The topological polar surface area (TPSA) is 33.8 Å². The normalized spacial score (nSPS) is 15.1. The second kappa shape index (κ2) is 8.72. The van der Waals surface area contributed by atoms with E-state index in [2.05, 4.69) is 54.7 Å². The molecule has 4 rings (SSSR count). The first kappa shape index (κ1) is 18.3. The first-order valence-electron chi connectivity index (χ1n) is 9.36. The highest BCUT2D eigenvalue weighted by molar-refractivity contribution is 5.95. The minimum atomic E-state index is 0.351. The summed E-state index contributed by atoms with van der Waals surface area (Å²) in [5, 5.41) is 5.88. The van der Waals surface area contributed by atoms with Crippen molar-refractivity contribution in [3.8, 4) is 5.75 Å². The van der Waals surface area contributed by atoms with Crippen LogP contribution < -0.4 is 10.1 Å². The van der Waals surface area contributed by atoms with Crippen LogP contribution in [0.4, 0.5) is 5.69 Å². The van der Waals surface area contributed by atoms with E-state index in [1.165, 1.54) is 16.5 Å². The van der Waals surface area contributed by atoms with Crippen LogP contribution in [0.1, 0.15) is 25.0 Å². The number of anilines is 1. The standard InChI is InChI=1S/C21H21NO2.C2H6/c1-15-18-9-5-6-10-19(18)21(11-20(15)22-12-17-14-23-17)24-13-16-7-3-2-4-8-16;1-2/h2-11,17,22H,12-14H2,1H3;1-2H3. The molecule has 0 amide bonds. The number of fused-ring (bicyclic) bond motifs is 1. The van der Waals surface area contributed by atoms with E-state index in [1.54, 1.807) is 0 Å². The molecule has 1 unspecified atom stereocenters. The lowest BCUT2D eigenvalue weighted by molar-refractivity contribution is 0.310. The monoisotopic (exact) mass is 349 g/mol. The Morgan fingerprint density at radius 3 is 2.35 bits per heavy atom. The molecule has 1 aliphatic heterocycles. The van der Waals surface area contributed by atoms with E-state index in [-0.39, 0.29) is 0 Å². The SMILES string of the molecule is CC.Cc1c(NCC2CO2)cc(OCc2ccccc2)c2ccccc12. The zero-order chi connectivity index (χ0) is 18.4. The van der Waals surface area contributed by atoms with Crippen LogP contribution in [0.15, 0.2) is 60.7 Å². The summed E-state index contributed by atoms with van der Waals surface area (Å²) in [6.07, 6.45) is 0.351. The molecule has 0 spiro atoms. The van der Waals surface area contributed by atoms with Crippen LogP contribution in [-0.2, 0) is 11.3 Å². The quantitative estimate of drug-likeness (QED) is 0.591. The van der Waals surface area contributed by atoms with Crippen molar-refractivity contribution in [3.63, 3.8) is 0 Å². The number of rotatable bonds is 6. The average Bonchev–Trinajstić information content (AvgIpc) is 3.54. The molecule has 3 nitrogen and oxygen atoms in total. The lowest BCUT2D eigenvalue weighted by atomic mass is 10.0. The summed E-state index contributed by atoms with van der Waals surface area (Å²) < 4.78 is 11.5. The van der Waals surface area contributed by atoms with Gasteiger partial charge >= 0.3 is 0 Å². The lowest BCUT2D eigenvalue weighted by Crippen LogP contribution is -2.09. The van der Waals surface area contributed by atoms with Crippen molar-refractivity contribution in [3.05, 3.63) is 71.8 Å². The maximum absolute atomic E-state index is 6.15. The Kier molecular flexibility index (Phi) is 6.13. The van der Waals surface area contributed by atoms with E-state index >= 15 is 0 Å². The summed E-state index contributed by atoms with van der Waals surface area (Å²) in [6.45, 7) is 8.42. The maximum atomic E-state index is 6.15. The summed E-state index contributed by atoms with van der Waals surface area (Å²) >= 11 is 0. The molecule has 3 aromatic carbocycles. The molecule has 0 aromatic heterocycles. The molecular formula is C23H27NO2. The molecule has 1 heterocycles. The van der Waals surface area contributed by atoms with Crippen molar-refractivity contribution in [1.82, 2.24) is 0 Å². The summed E-state index contributed by atoms with van der Waals surface area (Å²) in [5.41, 5.74) is 3.54. The zero-order valence-electron chi connectivity index (χ0n) is 15.8. The van der Waals surface area contributed by atoms with Gasteiger partial charge in [-0.3, -0.25) is 0 Å². The predicted octanol–water partition coefficient (Wildman–Crippen LogP) is 5.56. The molecule has 1 saturated heterocycles. The predicted molar refractivity (Wildman–Crippen MR) is 109 cm³/mol. The van der Waals surface area contributed by atoms with Gasteiger partial charge in [0.15, 0.2) is 0 Å². The molecule has 0 bridgehead atoms. The van der Waals surface area contributed by atoms with Crippen LogP contribution in [0, 0.1) is 6.92 Å². The van der Waals surface area contributed by atoms with Gasteiger partial charge in [0.2, 0.25) is 0 Å². The van der Waals surface area contributed by atoms with Crippen molar-refractivity contribution < 1.29 is 9.47 Å². The number of aryl methyl sites for hydroxylation is 1. The highest BCUT2D eigenvalue weighted by atomic mass is 16.6. The number of epoxide rings is 1. The van der Waals surface area contributed by atoms with Crippen molar-refractivity contribution in [2.45, 2.75) is 33.5 Å². The first-order chi connectivity index (χ1) is 12.8. The van der Waals surface area contributed by atoms with Crippen LogP contribution in [0.2, 0.25) is 0 Å². The minimum Gasteiger partial charge on any atom is -0.488 e. The lowest BCUT2D eigenvalue weighted by Gasteiger charge is -2.16. The molecule has 1 atom stereocenters. The Labute approximate surface area is 156 Å². The van der Waals surface area contributed by atoms with E-state index in [1.807, 2.05) is 32.0 Å². The van der Waals surface area contributed by atoms with Crippen molar-refractivity contribution in [1.29, 1.82) is 0 Å². The van der Waals surface area contributed by atoms with Crippen LogP contribution in [-0.4, -0.2) is 19.3 Å². The third-order valence-corrected chi connectivity index (χ3v) is 4.44. The highest BCUT2D eigenvalue weighted by Crippen LogP contribution is 2.34. The van der Waals surface area contributed by atoms with Gasteiger partial charge in [-0.2, -0.15) is 0 Å². The van der Waals surface area contributed by atoms with E-state index in [4.69, 9.17) is 9.47 Å². The van der Waals surface area contributed by atoms with Crippen molar-refractivity contribution in [2.75, 3.05) is 18.5 Å². The number of nitrogens with one attached hydrogen (secondary N) is 1. The molecule has 1 N–H and O–H groups in total. The van der Waals surface area contributed by atoms with Crippen LogP contribution in [0.25, 0.3) is 10.8 Å². The summed E-state index contributed by atoms with van der Waals surface area (Å²) in [7, 11) is 0. The van der Waals surface area contributed by atoms with Crippen molar-refractivity contribution >= 4 is 16.5 Å². The fourth-order valence-electron chi connectivity index (χ4n) is 2.94. The third kappa shape index (κ3) is 4.36. The molecule has 0 saturated carbocycles. The number of hydrogen-bond donors (Lipinski definition) is 1. The maximum Gasteiger partial charge on any atom is 0.129 e. The summed E-state index contributed by atoms with van der Waals surface area (Å²) in [6, 6.07) is 20.8. The van der Waals surface area contributed by atoms with Gasteiger partial charge in [0.25, 0.3) is 0 Å². The van der Waals surface area contributed by atoms with Gasteiger partial charge in [0, 0.05) is 23.7 Å². The van der Waals surface area contributed by atoms with Gasteiger partial charge in [-0.1, -0.05) is 68.4 Å². The van der Waals surface area contributed by atoms with Gasteiger partial charge in [0.1, 0.15) is 12.4 Å². The molecule has 136 valence electrons. The largest absolute Gasteiger partial charge is 0.488 e. The molecular weight excluding hydrogens is 322 g/mol. The smallest absolute Gasteiger partial charge is 0.129 e. The van der Waals surface area contributed by atoms with Crippen LogP contribution >= 0.6 is 0 Å². The number of ether oxygens (including phenoxy) is 2. The van der Waals surface area contributed by atoms with E-state index < -0.39 is 0 Å². The average molecular weight is 349 g/mol. The zero-order valence-corrected chi connectivity index (χ0v) is 15.8. The van der Waals surface area contributed by atoms with Gasteiger partial charge in [-0.25, -0.2) is 0 Å². The fraction of sp³-hybridized carbons (Fsp3) is 0.304. The van der Waals surface area contributed by atoms with Gasteiger partial charge in [-0.05, 0) is 23.4 Å². The molecule has 1 aliphatic rings. The minimum absolute atomic E-state index is 0.351. The summed E-state index contributed by atoms with van der Waals surface area (Å²) in [5.74, 6) is 0.916. The van der Waals surface area contributed by atoms with E-state index in [0.717, 1.165) is 30.0 Å². The van der Waals surface area contributed by atoms with E-state index in [9.17, 15) is 0 Å². The Balaban J connectivity index is 0.000000948. The molecule has 3 heteroatoms. The molecule has 0 radical (unpaired) electrons. The Hall–Kier alpha value is -2.52. The van der Waals surface area contributed by atoms with Crippen LogP contribution in [0.5, 0.6) is 5.75 Å². The second-order valence-electron chi connectivity index (χ2n) is 6.20. The van der Waals surface area contributed by atoms with Gasteiger partial charge in [0.05, 0.1) is 12.7 Å². The molecule has 1 fully saturated rings. The highest BCUT2D eigenvalue weighted by Gasteiger charge is 2.22. The Morgan fingerprint density at radius 2 is 1.65 bits per heavy atom. The fourth-order valence-corrected chi connectivity index (χ4v) is 2.94. The van der Waals surface area contributed by atoms with Crippen LogP contribution in [0.3, 0.4) is 0 Å².